The molecule has 0 atom stereocenters. The predicted molar refractivity (Wildman–Crippen MR) is 89.5 cm³/mol. The summed E-state index contributed by atoms with van der Waals surface area (Å²) < 4.78 is 0. The van der Waals surface area contributed by atoms with Crippen molar-refractivity contribution in [1.29, 1.82) is 5.41 Å². The van der Waals surface area contributed by atoms with Crippen LogP contribution in [-0.2, 0) is 0 Å². The fourth-order valence-corrected chi connectivity index (χ4v) is 2.01. The monoisotopic (exact) mass is 265 g/mol. The maximum Gasteiger partial charge on any atom is 0.0253 e. The zero-order valence-electron chi connectivity index (χ0n) is 12.8. The number of rotatable bonds is 2. The number of benzene rings is 2. The Bertz CT molecular complexity index is 560. The van der Waals surface area contributed by atoms with Crippen LogP contribution in [0, 0.1) is 26.2 Å². The molecular formula is C19H23N. The number of aryl methyl sites for hydroxylation is 3. The molecule has 2 aromatic carbocycles. The average Bonchev–Trinajstić information content (AvgIpc) is 2.40. The fourth-order valence-electron chi connectivity index (χ4n) is 2.01. The van der Waals surface area contributed by atoms with Gasteiger partial charge < -0.3 is 5.41 Å². The lowest BCUT2D eigenvalue weighted by Gasteiger charge is -2.04. The number of allylic oxidation sites excluding steroid dienone is 2. The predicted octanol–water partition coefficient (Wildman–Crippen LogP) is 5.35. The first-order valence-corrected chi connectivity index (χ1v) is 6.84. The van der Waals surface area contributed by atoms with Gasteiger partial charge in [-0.15, -0.1) is 0 Å². The van der Waals surface area contributed by atoms with Crippen molar-refractivity contribution in [3.05, 3.63) is 76.9 Å². The second kappa shape index (κ2) is 8.11. The molecule has 2 rings (SSSR count). The lowest BCUT2D eigenvalue weighted by atomic mass is 10.0. The van der Waals surface area contributed by atoms with E-state index in [1.807, 2.05) is 31.2 Å². The number of hydrogen-bond acceptors (Lipinski definition) is 1. The summed E-state index contributed by atoms with van der Waals surface area (Å²) in [7, 11) is 0. The Hall–Kier alpha value is -2.15. The molecular weight excluding hydrogens is 242 g/mol. The maximum atomic E-state index is 7.25. The van der Waals surface area contributed by atoms with E-state index in [4.69, 9.17) is 5.41 Å². The normalized spacial score (nSPS) is 10.5. The van der Waals surface area contributed by atoms with Crippen molar-refractivity contribution in [2.45, 2.75) is 27.7 Å². The van der Waals surface area contributed by atoms with Gasteiger partial charge >= 0.3 is 0 Å². The lowest BCUT2D eigenvalue weighted by Crippen LogP contribution is -1.87. The Kier molecular flexibility index (Phi) is 6.45. The molecule has 0 aliphatic heterocycles. The van der Waals surface area contributed by atoms with E-state index in [2.05, 4.69) is 51.1 Å². The van der Waals surface area contributed by atoms with Crippen LogP contribution in [-0.4, -0.2) is 6.21 Å². The smallest absolute Gasteiger partial charge is 0.0253 e. The molecule has 1 nitrogen and oxygen atoms in total. The minimum absolute atomic E-state index is 0.979. The van der Waals surface area contributed by atoms with Gasteiger partial charge in [0.05, 0.1) is 0 Å². The summed E-state index contributed by atoms with van der Waals surface area (Å²) in [5.74, 6) is 0. The second-order valence-corrected chi connectivity index (χ2v) is 4.92. The van der Waals surface area contributed by atoms with Crippen LogP contribution < -0.4 is 0 Å². The van der Waals surface area contributed by atoms with Crippen LogP contribution in [0.15, 0.2) is 54.6 Å². The van der Waals surface area contributed by atoms with Crippen LogP contribution in [0.4, 0.5) is 0 Å². The summed E-state index contributed by atoms with van der Waals surface area (Å²) in [5, 5.41) is 7.25. The van der Waals surface area contributed by atoms with Crippen molar-refractivity contribution < 1.29 is 0 Å². The first-order chi connectivity index (χ1) is 9.56. The van der Waals surface area contributed by atoms with Gasteiger partial charge in [-0.3, -0.25) is 0 Å². The molecule has 1 N–H and O–H groups in total. The fraction of sp³-hybridized carbons (Fsp3) is 0.211. The second-order valence-electron chi connectivity index (χ2n) is 4.92. The van der Waals surface area contributed by atoms with Crippen LogP contribution in [0.1, 0.15) is 29.2 Å². The van der Waals surface area contributed by atoms with E-state index in [0.717, 1.165) is 11.1 Å². The van der Waals surface area contributed by atoms with Crippen LogP contribution in [0.2, 0.25) is 0 Å². The molecule has 0 heterocycles. The van der Waals surface area contributed by atoms with Crippen LogP contribution >= 0.6 is 0 Å². The Morgan fingerprint density at radius 2 is 1.40 bits per heavy atom. The third kappa shape index (κ3) is 5.23. The van der Waals surface area contributed by atoms with Crippen molar-refractivity contribution in [1.82, 2.24) is 0 Å². The van der Waals surface area contributed by atoms with Gasteiger partial charge in [0.2, 0.25) is 0 Å². The van der Waals surface area contributed by atoms with Crippen LogP contribution in [0.3, 0.4) is 0 Å². The molecule has 0 radical (unpaired) electrons. The molecule has 104 valence electrons. The van der Waals surface area contributed by atoms with Crippen molar-refractivity contribution >= 4 is 11.8 Å². The molecule has 2 aromatic rings. The Labute approximate surface area is 122 Å². The van der Waals surface area contributed by atoms with E-state index in [1.54, 1.807) is 0 Å². The van der Waals surface area contributed by atoms with Crippen molar-refractivity contribution in [3.8, 4) is 0 Å². The Morgan fingerprint density at radius 3 is 1.75 bits per heavy atom. The third-order valence-corrected chi connectivity index (χ3v) is 2.96. The van der Waals surface area contributed by atoms with Gasteiger partial charge in [0.25, 0.3) is 0 Å². The number of hydrogen-bond donors (Lipinski definition) is 1. The highest BCUT2D eigenvalue weighted by atomic mass is 14.3. The minimum Gasteiger partial charge on any atom is -0.308 e. The van der Waals surface area contributed by atoms with Gasteiger partial charge in [-0.1, -0.05) is 71.3 Å². The third-order valence-electron chi connectivity index (χ3n) is 2.96. The summed E-state index contributed by atoms with van der Waals surface area (Å²) >= 11 is 0. The summed E-state index contributed by atoms with van der Waals surface area (Å²) in [4.78, 5) is 0. The highest BCUT2D eigenvalue weighted by Crippen LogP contribution is 2.16. The van der Waals surface area contributed by atoms with Gasteiger partial charge in [-0.05, 0) is 38.8 Å². The maximum absolute atomic E-state index is 7.25. The van der Waals surface area contributed by atoms with Gasteiger partial charge in [0, 0.05) is 6.21 Å². The largest absolute Gasteiger partial charge is 0.308 e. The standard InChI is InChI=1S/C12H15N.C7H8/c1-4-11(8-13)12-6-9(2)5-10(3)7-12;1-7-5-3-2-4-6-7/h4-8,13H,1-3H3;2-6H,1H3/b11-4+,13-8?;. The first kappa shape index (κ1) is 15.9. The molecule has 0 aliphatic rings. The van der Waals surface area contributed by atoms with E-state index >= 15 is 0 Å². The molecule has 1 heteroatoms. The van der Waals surface area contributed by atoms with Crippen molar-refractivity contribution in [2.24, 2.45) is 0 Å². The van der Waals surface area contributed by atoms with E-state index in [-0.39, 0.29) is 0 Å². The highest BCUT2D eigenvalue weighted by molar-refractivity contribution is 6.08. The van der Waals surface area contributed by atoms with Gasteiger partial charge in [0.15, 0.2) is 0 Å². The summed E-state index contributed by atoms with van der Waals surface area (Å²) in [5.41, 5.74) is 5.93. The zero-order chi connectivity index (χ0) is 15.0. The molecule has 0 amide bonds. The Morgan fingerprint density at radius 1 is 0.850 bits per heavy atom. The summed E-state index contributed by atoms with van der Waals surface area (Å²) in [6, 6.07) is 16.6. The summed E-state index contributed by atoms with van der Waals surface area (Å²) in [6.07, 6.45) is 3.36. The Balaban J connectivity index is 0.000000240. The summed E-state index contributed by atoms with van der Waals surface area (Å²) in [6.45, 7) is 8.19. The average molecular weight is 265 g/mol. The topological polar surface area (TPSA) is 23.9 Å². The van der Waals surface area contributed by atoms with E-state index in [0.29, 0.717) is 0 Å². The van der Waals surface area contributed by atoms with E-state index in [9.17, 15) is 0 Å². The van der Waals surface area contributed by atoms with E-state index in [1.165, 1.54) is 22.9 Å². The molecule has 0 fully saturated rings. The quantitative estimate of drug-likeness (QED) is 0.708. The zero-order valence-corrected chi connectivity index (χ0v) is 12.8. The van der Waals surface area contributed by atoms with Crippen molar-refractivity contribution in [2.75, 3.05) is 0 Å². The van der Waals surface area contributed by atoms with E-state index < -0.39 is 0 Å². The van der Waals surface area contributed by atoms with Crippen LogP contribution in [0.25, 0.3) is 5.57 Å². The molecule has 0 spiro atoms. The SMILES string of the molecule is C/C=C(\C=N)c1cc(C)cc(C)c1.Cc1ccccc1. The van der Waals surface area contributed by atoms with Gasteiger partial charge in [-0.25, -0.2) is 0 Å². The first-order valence-electron chi connectivity index (χ1n) is 6.84. The molecule has 0 saturated carbocycles. The highest BCUT2D eigenvalue weighted by Gasteiger charge is 1.98. The molecule has 0 aliphatic carbocycles. The van der Waals surface area contributed by atoms with Gasteiger partial charge in [0.1, 0.15) is 0 Å². The van der Waals surface area contributed by atoms with Gasteiger partial charge in [-0.2, -0.15) is 0 Å². The van der Waals surface area contributed by atoms with Crippen molar-refractivity contribution in [3.63, 3.8) is 0 Å². The number of nitrogens with one attached hydrogen (secondary N) is 1. The molecule has 0 unspecified atom stereocenters. The molecule has 0 bridgehead atoms. The molecule has 0 aromatic heterocycles. The molecule has 0 saturated heterocycles. The minimum atomic E-state index is 0.979. The van der Waals surface area contributed by atoms with Crippen LogP contribution in [0.5, 0.6) is 0 Å². The molecule has 20 heavy (non-hydrogen) atoms. The lowest BCUT2D eigenvalue weighted by molar-refractivity contribution is 1.37.